The van der Waals surface area contributed by atoms with Gasteiger partial charge in [-0.2, -0.15) is 0 Å². The Kier molecular flexibility index (Phi) is 4.95. The highest BCUT2D eigenvalue weighted by Crippen LogP contribution is 2.24. The van der Waals surface area contributed by atoms with E-state index >= 15 is 0 Å². The minimum absolute atomic E-state index is 0.256. The van der Waals surface area contributed by atoms with Crippen LogP contribution in [0.15, 0.2) is 41.6 Å². The Morgan fingerprint density at radius 2 is 2.05 bits per heavy atom. The highest BCUT2D eigenvalue weighted by Gasteiger charge is 2.05. The van der Waals surface area contributed by atoms with Crippen molar-refractivity contribution in [2.45, 2.75) is 18.4 Å². The summed E-state index contributed by atoms with van der Waals surface area (Å²) >= 11 is 1.59. The number of aryl methyl sites for hydroxylation is 1. The van der Waals surface area contributed by atoms with Gasteiger partial charge in [-0.3, -0.25) is 9.97 Å². The maximum absolute atomic E-state index is 11.8. The highest BCUT2D eigenvalue weighted by molar-refractivity contribution is 7.98. The van der Waals surface area contributed by atoms with E-state index in [1.54, 1.807) is 24.2 Å². The molecule has 0 unspecified atom stereocenters. The average molecular weight is 288 g/mol. The predicted octanol–water partition coefficient (Wildman–Crippen LogP) is 2.83. The third-order valence-corrected chi connectivity index (χ3v) is 3.42. The molecule has 0 saturated carbocycles. The number of carbonyl (C=O) groups is 1. The van der Waals surface area contributed by atoms with Crippen LogP contribution in [0.3, 0.4) is 0 Å². The van der Waals surface area contributed by atoms with E-state index in [2.05, 4.69) is 20.6 Å². The van der Waals surface area contributed by atoms with Crippen molar-refractivity contribution in [3.63, 3.8) is 0 Å². The molecular formula is C14H16N4OS. The zero-order valence-electron chi connectivity index (χ0n) is 11.4. The summed E-state index contributed by atoms with van der Waals surface area (Å²) in [7, 11) is 0. The lowest BCUT2D eigenvalue weighted by atomic mass is 10.3. The van der Waals surface area contributed by atoms with Crippen LogP contribution >= 0.6 is 11.8 Å². The summed E-state index contributed by atoms with van der Waals surface area (Å²) < 4.78 is 0. The van der Waals surface area contributed by atoms with E-state index in [4.69, 9.17) is 0 Å². The smallest absolute Gasteiger partial charge is 0.319 e. The predicted molar refractivity (Wildman–Crippen MR) is 80.9 cm³/mol. The molecule has 1 aromatic heterocycles. The van der Waals surface area contributed by atoms with E-state index in [1.165, 1.54) is 0 Å². The van der Waals surface area contributed by atoms with Crippen LogP contribution in [0, 0.1) is 6.92 Å². The van der Waals surface area contributed by atoms with Crippen molar-refractivity contribution in [2.75, 3.05) is 11.6 Å². The highest BCUT2D eigenvalue weighted by atomic mass is 32.2. The van der Waals surface area contributed by atoms with Gasteiger partial charge in [-0.05, 0) is 25.3 Å². The Morgan fingerprint density at radius 3 is 2.75 bits per heavy atom. The lowest BCUT2D eigenvalue weighted by Gasteiger charge is -2.10. The fourth-order valence-electron chi connectivity index (χ4n) is 1.60. The van der Waals surface area contributed by atoms with E-state index in [1.807, 2.05) is 37.4 Å². The lowest BCUT2D eigenvalue weighted by molar-refractivity contribution is 0.251. The van der Waals surface area contributed by atoms with Gasteiger partial charge >= 0.3 is 6.03 Å². The van der Waals surface area contributed by atoms with Gasteiger partial charge in [-0.1, -0.05) is 12.1 Å². The summed E-state index contributed by atoms with van der Waals surface area (Å²) in [6, 6.07) is 7.41. The van der Waals surface area contributed by atoms with Crippen molar-refractivity contribution in [2.24, 2.45) is 0 Å². The largest absolute Gasteiger partial charge is 0.332 e. The second-order valence-corrected chi connectivity index (χ2v) is 5.01. The number of hydrogen-bond acceptors (Lipinski definition) is 4. The first kappa shape index (κ1) is 14.3. The molecule has 0 atom stereocenters. The summed E-state index contributed by atoms with van der Waals surface area (Å²) in [5.74, 6) is 0. The number of nitrogens with zero attached hydrogens (tertiary/aromatic N) is 2. The number of amides is 2. The number of aromatic nitrogens is 2. The molecule has 0 saturated heterocycles. The molecule has 0 bridgehead atoms. The minimum Gasteiger partial charge on any atom is -0.332 e. The number of nitrogens with one attached hydrogen (secondary N) is 2. The molecule has 6 heteroatoms. The average Bonchev–Trinajstić information content (AvgIpc) is 2.47. The van der Waals surface area contributed by atoms with Crippen molar-refractivity contribution < 1.29 is 4.79 Å². The maximum atomic E-state index is 11.8. The fraction of sp³-hybridized carbons (Fsp3) is 0.214. The van der Waals surface area contributed by atoms with Crippen LogP contribution in [0.5, 0.6) is 0 Å². The second kappa shape index (κ2) is 6.91. The van der Waals surface area contributed by atoms with Crippen LogP contribution in [0.1, 0.15) is 11.4 Å². The van der Waals surface area contributed by atoms with Gasteiger partial charge in [0.25, 0.3) is 0 Å². The molecule has 0 radical (unpaired) electrons. The molecule has 0 spiro atoms. The molecule has 0 aliphatic heterocycles. The second-order valence-electron chi connectivity index (χ2n) is 4.16. The minimum atomic E-state index is -0.256. The van der Waals surface area contributed by atoms with Crippen molar-refractivity contribution in [3.8, 4) is 0 Å². The zero-order chi connectivity index (χ0) is 14.4. The van der Waals surface area contributed by atoms with Gasteiger partial charge in [0.1, 0.15) is 0 Å². The number of anilines is 1. The molecular weight excluding hydrogens is 272 g/mol. The van der Waals surface area contributed by atoms with E-state index < -0.39 is 0 Å². The quantitative estimate of drug-likeness (QED) is 0.849. The molecule has 2 N–H and O–H groups in total. The van der Waals surface area contributed by atoms with Crippen LogP contribution in [0.25, 0.3) is 0 Å². The molecule has 0 aliphatic rings. The lowest BCUT2D eigenvalue weighted by Crippen LogP contribution is -2.28. The van der Waals surface area contributed by atoms with Crippen molar-refractivity contribution in [1.29, 1.82) is 0 Å². The molecule has 0 fully saturated rings. The van der Waals surface area contributed by atoms with Gasteiger partial charge in [0, 0.05) is 11.1 Å². The number of rotatable bonds is 4. The Bertz CT molecular complexity index is 586. The Morgan fingerprint density at radius 1 is 1.25 bits per heavy atom. The summed E-state index contributed by atoms with van der Waals surface area (Å²) in [5.41, 5.74) is 2.38. The molecule has 1 heterocycles. The Labute approximate surface area is 122 Å². The number of carbonyl (C=O) groups excluding carboxylic acids is 1. The van der Waals surface area contributed by atoms with E-state index in [0.717, 1.165) is 22.0 Å². The Hall–Kier alpha value is -2.08. The molecule has 0 aliphatic carbocycles. The third-order valence-electron chi connectivity index (χ3n) is 2.62. The molecule has 1 aromatic carbocycles. The molecule has 20 heavy (non-hydrogen) atoms. The Balaban J connectivity index is 1.91. The third kappa shape index (κ3) is 3.96. The van der Waals surface area contributed by atoms with E-state index in [0.29, 0.717) is 6.54 Å². The molecule has 104 valence electrons. The summed E-state index contributed by atoms with van der Waals surface area (Å²) in [5, 5.41) is 5.58. The van der Waals surface area contributed by atoms with E-state index in [9.17, 15) is 4.79 Å². The van der Waals surface area contributed by atoms with Crippen LogP contribution in [0.4, 0.5) is 10.5 Å². The van der Waals surface area contributed by atoms with Crippen molar-refractivity contribution in [3.05, 3.63) is 48.0 Å². The van der Waals surface area contributed by atoms with Crippen molar-refractivity contribution >= 4 is 23.5 Å². The summed E-state index contributed by atoms with van der Waals surface area (Å²) in [4.78, 5) is 21.2. The van der Waals surface area contributed by atoms with Gasteiger partial charge in [0.05, 0.1) is 29.8 Å². The van der Waals surface area contributed by atoms with Gasteiger partial charge in [0.15, 0.2) is 0 Å². The number of hydrogen-bond donors (Lipinski definition) is 2. The van der Waals surface area contributed by atoms with Gasteiger partial charge < -0.3 is 10.6 Å². The van der Waals surface area contributed by atoms with Crippen LogP contribution < -0.4 is 10.6 Å². The number of urea groups is 1. The first-order valence-electron chi connectivity index (χ1n) is 6.14. The number of para-hydroxylation sites is 1. The number of benzene rings is 1. The normalized spacial score (nSPS) is 10.1. The topological polar surface area (TPSA) is 66.9 Å². The number of thioether (sulfide) groups is 1. The van der Waals surface area contributed by atoms with Gasteiger partial charge in [-0.15, -0.1) is 11.8 Å². The van der Waals surface area contributed by atoms with Gasteiger partial charge in [-0.25, -0.2) is 4.79 Å². The molecule has 5 nitrogen and oxygen atoms in total. The molecule has 2 rings (SSSR count). The first-order valence-corrected chi connectivity index (χ1v) is 7.37. The first-order chi connectivity index (χ1) is 9.69. The monoisotopic (exact) mass is 288 g/mol. The van der Waals surface area contributed by atoms with E-state index in [-0.39, 0.29) is 6.03 Å². The van der Waals surface area contributed by atoms with Crippen LogP contribution in [-0.2, 0) is 6.54 Å². The van der Waals surface area contributed by atoms with Gasteiger partial charge in [0.2, 0.25) is 0 Å². The fourth-order valence-corrected chi connectivity index (χ4v) is 2.15. The maximum Gasteiger partial charge on any atom is 0.319 e. The zero-order valence-corrected chi connectivity index (χ0v) is 12.2. The molecule has 2 aromatic rings. The molecule has 2 amide bonds. The summed E-state index contributed by atoms with van der Waals surface area (Å²) in [6.45, 7) is 2.22. The van der Waals surface area contributed by atoms with Crippen LogP contribution in [-0.4, -0.2) is 22.3 Å². The SMILES string of the molecule is CSc1ccccc1NC(=O)NCc1cnc(C)cn1. The van der Waals surface area contributed by atoms with Crippen LogP contribution in [0.2, 0.25) is 0 Å². The van der Waals surface area contributed by atoms with Crippen molar-refractivity contribution in [1.82, 2.24) is 15.3 Å². The summed E-state index contributed by atoms with van der Waals surface area (Å²) in [6.07, 6.45) is 5.31. The standard InChI is InChI=1S/C14H16N4OS/c1-10-7-16-11(8-15-10)9-17-14(19)18-12-5-3-4-6-13(12)20-2/h3-8H,9H2,1-2H3,(H2,17,18,19).